The summed E-state index contributed by atoms with van der Waals surface area (Å²) in [6.45, 7) is 0. The molecule has 1 aromatic carbocycles. The van der Waals surface area contributed by atoms with Gasteiger partial charge in [0.25, 0.3) is 9.05 Å². The Bertz CT molecular complexity index is 606. The lowest BCUT2D eigenvalue weighted by atomic mass is 10.3. The first-order valence-corrected chi connectivity index (χ1v) is 7.52. The molecule has 4 nitrogen and oxygen atoms in total. The number of rotatable bonds is 2. The number of halogens is 1. The van der Waals surface area contributed by atoms with E-state index in [1.807, 2.05) is 0 Å². The molecular weight excluding hydrogens is 256 g/mol. The van der Waals surface area contributed by atoms with Crippen LogP contribution in [0.1, 0.15) is 0 Å². The Morgan fingerprint density at radius 2 is 2.20 bits per heavy atom. The molecule has 2 aromatic rings. The summed E-state index contributed by atoms with van der Waals surface area (Å²) in [5.41, 5.74) is 1.42. The lowest BCUT2D eigenvalue weighted by Crippen LogP contribution is -1.94. The topological polar surface area (TPSA) is 62.8 Å². The first kappa shape index (κ1) is 10.8. The van der Waals surface area contributed by atoms with Crippen molar-refractivity contribution in [3.05, 3.63) is 18.5 Å². The minimum atomic E-state index is -3.72. The van der Waals surface area contributed by atoms with Crippen molar-refractivity contribution in [1.29, 1.82) is 0 Å². The zero-order valence-electron chi connectivity index (χ0n) is 7.69. The Kier molecular flexibility index (Phi) is 2.66. The smallest absolute Gasteiger partial charge is 0.262 e. The Labute approximate surface area is 95.5 Å². The summed E-state index contributed by atoms with van der Waals surface area (Å²) in [5, 5.41) is 0. The summed E-state index contributed by atoms with van der Waals surface area (Å²) in [6.07, 6.45) is 3.31. The van der Waals surface area contributed by atoms with E-state index in [1.54, 1.807) is 12.3 Å². The van der Waals surface area contributed by atoms with E-state index in [-0.39, 0.29) is 4.90 Å². The van der Waals surface area contributed by atoms with Gasteiger partial charge in [-0.2, -0.15) is 0 Å². The summed E-state index contributed by atoms with van der Waals surface area (Å²) in [4.78, 5) is 7.66. The summed E-state index contributed by atoms with van der Waals surface area (Å²) in [7, 11) is 1.61. The number of hydrogen-bond donors (Lipinski definition) is 1. The van der Waals surface area contributed by atoms with Crippen LogP contribution in [0.25, 0.3) is 11.0 Å². The highest BCUT2D eigenvalue weighted by molar-refractivity contribution is 8.14. The number of imidazole rings is 1. The van der Waals surface area contributed by atoms with Gasteiger partial charge in [-0.05, 0) is 18.4 Å². The molecule has 1 heterocycles. The largest absolute Gasteiger partial charge is 0.345 e. The average molecular weight is 263 g/mol. The molecule has 80 valence electrons. The maximum atomic E-state index is 11.3. The van der Waals surface area contributed by atoms with Crippen LogP contribution in [-0.4, -0.2) is 24.6 Å². The number of nitrogens with one attached hydrogen (secondary N) is 1. The summed E-state index contributed by atoms with van der Waals surface area (Å²) in [5.74, 6) is 0. The van der Waals surface area contributed by atoms with Gasteiger partial charge in [-0.15, -0.1) is 11.8 Å². The molecule has 1 N–H and O–H groups in total. The lowest BCUT2D eigenvalue weighted by Gasteiger charge is -2.03. The van der Waals surface area contributed by atoms with Crippen molar-refractivity contribution in [2.75, 3.05) is 6.26 Å². The van der Waals surface area contributed by atoms with Gasteiger partial charge in [-0.25, -0.2) is 13.4 Å². The number of fused-ring (bicyclic) bond motifs is 1. The fraction of sp³-hybridized carbons (Fsp3) is 0.125. The van der Waals surface area contributed by atoms with Crippen LogP contribution < -0.4 is 0 Å². The van der Waals surface area contributed by atoms with Crippen LogP contribution in [0.5, 0.6) is 0 Å². The van der Waals surface area contributed by atoms with Crippen molar-refractivity contribution in [2.24, 2.45) is 0 Å². The van der Waals surface area contributed by atoms with Crippen LogP contribution in [0, 0.1) is 0 Å². The van der Waals surface area contributed by atoms with Crippen molar-refractivity contribution in [1.82, 2.24) is 9.97 Å². The number of aromatic nitrogens is 2. The van der Waals surface area contributed by atoms with Crippen LogP contribution in [-0.2, 0) is 9.05 Å². The van der Waals surface area contributed by atoms with Crippen molar-refractivity contribution in [3.8, 4) is 0 Å². The molecule has 0 atom stereocenters. The summed E-state index contributed by atoms with van der Waals surface area (Å²) < 4.78 is 22.6. The fourth-order valence-electron chi connectivity index (χ4n) is 1.35. The quantitative estimate of drug-likeness (QED) is 0.666. The van der Waals surface area contributed by atoms with E-state index in [0.29, 0.717) is 10.4 Å². The third-order valence-electron chi connectivity index (χ3n) is 1.98. The molecule has 0 fully saturated rings. The third-order valence-corrected chi connectivity index (χ3v) is 4.29. The normalized spacial score (nSPS) is 12.1. The lowest BCUT2D eigenvalue weighted by molar-refractivity contribution is 0.608. The van der Waals surface area contributed by atoms with Gasteiger partial charge in [0.15, 0.2) is 0 Å². The number of benzene rings is 1. The Hall–Kier alpha value is -0.720. The molecule has 0 unspecified atom stereocenters. The first-order chi connectivity index (χ1) is 7.04. The number of aromatic amines is 1. The summed E-state index contributed by atoms with van der Waals surface area (Å²) in [6, 6.07) is 3.13. The van der Waals surface area contributed by atoms with Gasteiger partial charge < -0.3 is 4.98 Å². The molecule has 0 saturated heterocycles. The van der Waals surface area contributed by atoms with E-state index in [0.717, 1.165) is 5.52 Å². The minimum absolute atomic E-state index is 0.108. The highest BCUT2D eigenvalue weighted by Gasteiger charge is 2.18. The number of nitrogens with zero attached hydrogens (tertiary/aromatic N) is 1. The maximum Gasteiger partial charge on any atom is 0.262 e. The van der Waals surface area contributed by atoms with Crippen LogP contribution in [0.4, 0.5) is 0 Å². The standard InChI is InChI=1S/C8H7ClN2O2S2/c1-14-8-6(15(9,12)13)3-2-5-7(8)11-4-10-5/h2-4H,1H3,(H,10,11). The van der Waals surface area contributed by atoms with Crippen molar-refractivity contribution >= 4 is 42.5 Å². The predicted molar refractivity (Wildman–Crippen MR) is 60.9 cm³/mol. The molecule has 0 aliphatic carbocycles. The highest BCUT2D eigenvalue weighted by atomic mass is 35.7. The third kappa shape index (κ3) is 1.84. The van der Waals surface area contributed by atoms with Gasteiger partial charge in [0.05, 0.1) is 21.6 Å². The molecule has 0 amide bonds. The maximum absolute atomic E-state index is 11.3. The van der Waals surface area contributed by atoms with Gasteiger partial charge in [0.2, 0.25) is 0 Å². The Morgan fingerprint density at radius 3 is 2.80 bits per heavy atom. The molecule has 2 rings (SSSR count). The van der Waals surface area contributed by atoms with Gasteiger partial charge in [-0.1, -0.05) is 0 Å². The van der Waals surface area contributed by atoms with E-state index >= 15 is 0 Å². The number of hydrogen-bond acceptors (Lipinski definition) is 4. The van der Waals surface area contributed by atoms with E-state index in [1.165, 1.54) is 24.2 Å². The summed E-state index contributed by atoms with van der Waals surface area (Å²) >= 11 is 1.31. The second-order valence-electron chi connectivity index (χ2n) is 2.83. The fourth-order valence-corrected chi connectivity index (χ4v) is 3.63. The molecule has 0 aliphatic heterocycles. The Balaban J connectivity index is 2.87. The highest BCUT2D eigenvalue weighted by Crippen LogP contribution is 2.32. The zero-order valence-corrected chi connectivity index (χ0v) is 10.1. The molecule has 0 spiro atoms. The number of H-pyrrole nitrogens is 1. The minimum Gasteiger partial charge on any atom is -0.345 e. The second-order valence-corrected chi connectivity index (χ2v) is 6.18. The number of thioether (sulfide) groups is 1. The molecule has 1 aromatic heterocycles. The molecule has 7 heteroatoms. The Morgan fingerprint density at radius 1 is 1.47 bits per heavy atom. The monoisotopic (exact) mass is 262 g/mol. The van der Waals surface area contributed by atoms with Crippen molar-refractivity contribution in [2.45, 2.75) is 9.79 Å². The van der Waals surface area contributed by atoms with Gasteiger partial charge in [-0.3, -0.25) is 0 Å². The van der Waals surface area contributed by atoms with E-state index < -0.39 is 9.05 Å². The molecule has 0 aliphatic rings. The first-order valence-electron chi connectivity index (χ1n) is 3.99. The molecule has 15 heavy (non-hydrogen) atoms. The van der Waals surface area contributed by atoms with Crippen LogP contribution >= 0.6 is 22.4 Å². The second kappa shape index (κ2) is 3.70. The SMILES string of the molecule is CSc1c(S(=O)(=O)Cl)ccc2[nH]cnc12. The van der Waals surface area contributed by atoms with Crippen molar-refractivity contribution < 1.29 is 8.42 Å². The zero-order chi connectivity index (χ0) is 11.1. The molecular formula is C8H7ClN2O2S2. The molecule has 0 bridgehead atoms. The van der Waals surface area contributed by atoms with Crippen molar-refractivity contribution in [3.63, 3.8) is 0 Å². The van der Waals surface area contributed by atoms with Gasteiger partial charge in [0, 0.05) is 10.7 Å². The van der Waals surface area contributed by atoms with E-state index in [2.05, 4.69) is 9.97 Å². The van der Waals surface area contributed by atoms with Gasteiger partial charge >= 0.3 is 0 Å². The average Bonchev–Trinajstić information content (AvgIpc) is 2.61. The van der Waals surface area contributed by atoms with E-state index in [4.69, 9.17) is 10.7 Å². The predicted octanol–water partition coefficient (Wildman–Crippen LogP) is 2.21. The molecule has 0 saturated carbocycles. The molecule has 0 radical (unpaired) electrons. The van der Waals surface area contributed by atoms with E-state index in [9.17, 15) is 8.42 Å². The van der Waals surface area contributed by atoms with Crippen LogP contribution in [0.3, 0.4) is 0 Å². The van der Waals surface area contributed by atoms with Gasteiger partial charge in [0.1, 0.15) is 5.52 Å². The van der Waals surface area contributed by atoms with Crippen LogP contribution in [0.15, 0.2) is 28.3 Å². The van der Waals surface area contributed by atoms with Crippen LogP contribution in [0.2, 0.25) is 0 Å².